The molecule has 0 aliphatic heterocycles. The van der Waals surface area contributed by atoms with Crippen LogP contribution in [0.4, 0.5) is 0 Å². The predicted octanol–water partition coefficient (Wildman–Crippen LogP) is 2.15. The molecule has 0 amide bonds. The predicted molar refractivity (Wildman–Crippen MR) is 50.0 cm³/mol. The van der Waals surface area contributed by atoms with Gasteiger partial charge in [0.1, 0.15) is 5.78 Å². The van der Waals surface area contributed by atoms with Gasteiger partial charge in [-0.3, -0.25) is 0 Å². The number of Topliss-reactive ketones (excluding diaryl/α,β-unsaturated/α-hetero) is 1. The van der Waals surface area contributed by atoms with Gasteiger partial charge in [-0.1, -0.05) is 26.2 Å². The Morgan fingerprint density at radius 2 is 2.08 bits per heavy atom. The minimum absolute atomic E-state index is 0.156. The highest BCUT2D eigenvalue weighted by molar-refractivity contribution is 5.75. The molecule has 0 fully saturated rings. The number of unbranched alkanes of at least 4 members (excludes halogenated alkanes) is 2. The number of hydrogen-bond donors (Lipinski definition) is 1. The van der Waals surface area contributed by atoms with Crippen molar-refractivity contribution in [1.29, 1.82) is 0 Å². The third-order valence-corrected chi connectivity index (χ3v) is 2.05. The molecule has 0 aromatic carbocycles. The largest absolute Gasteiger partial charge is 0.396 e. The van der Waals surface area contributed by atoms with Crippen molar-refractivity contribution in [3.63, 3.8) is 0 Å². The van der Waals surface area contributed by atoms with Crippen molar-refractivity contribution in [3.8, 4) is 0 Å². The standard InChI is InChI=1S/C10H20O2/c1-3-4-5-6-10(8-11)7-9(2)12/h10-11H,3-8H2,1-2H3. The molecule has 1 unspecified atom stereocenters. The lowest BCUT2D eigenvalue weighted by atomic mass is 9.97. The Labute approximate surface area is 75.0 Å². The van der Waals surface area contributed by atoms with Crippen LogP contribution in [-0.4, -0.2) is 17.5 Å². The van der Waals surface area contributed by atoms with Crippen molar-refractivity contribution >= 4 is 5.78 Å². The number of carbonyl (C=O) groups excluding carboxylic acids is 1. The molecular formula is C10H20O2. The summed E-state index contributed by atoms with van der Waals surface area (Å²) in [7, 11) is 0. The van der Waals surface area contributed by atoms with Crippen LogP contribution < -0.4 is 0 Å². The first-order valence-corrected chi connectivity index (χ1v) is 4.81. The quantitative estimate of drug-likeness (QED) is 0.597. The van der Waals surface area contributed by atoms with E-state index in [-0.39, 0.29) is 18.3 Å². The van der Waals surface area contributed by atoms with Gasteiger partial charge in [-0.15, -0.1) is 0 Å². The fraction of sp³-hybridized carbons (Fsp3) is 0.900. The Morgan fingerprint density at radius 3 is 2.50 bits per heavy atom. The van der Waals surface area contributed by atoms with Crippen molar-refractivity contribution in [2.24, 2.45) is 5.92 Å². The smallest absolute Gasteiger partial charge is 0.130 e. The highest BCUT2D eigenvalue weighted by Crippen LogP contribution is 2.13. The molecule has 0 saturated carbocycles. The molecule has 0 bridgehead atoms. The molecule has 0 aliphatic carbocycles. The van der Waals surface area contributed by atoms with Crippen molar-refractivity contribution in [2.45, 2.75) is 46.0 Å². The Morgan fingerprint density at radius 1 is 1.42 bits per heavy atom. The van der Waals surface area contributed by atoms with Crippen LogP contribution in [0.5, 0.6) is 0 Å². The molecule has 12 heavy (non-hydrogen) atoms. The summed E-state index contributed by atoms with van der Waals surface area (Å²) in [6.45, 7) is 3.89. The second-order valence-corrected chi connectivity index (χ2v) is 3.45. The molecule has 0 aromatic rings. The average molecular weight is 172 g/mol. The maximum absolute atomic E-state index is 10.7. The first-order chi connectivity index (χ1) is 5.70. The van der Waals surface area contributed by atoms with E-state index in [2.05, 4.69) is 6.92 Å². The normalized spacial score (nSPS) is 12.9. The lowest BCUT2D eigenvalue weighted by molar-refractivity contribution is -0.118. The monoisotopic (exact) mass is 172 g/mol. The second kappa shape index (κ2) is 7.29. The van der Waals surface area contributed by atoms with Crippen LogP contribution in [0, 0.1) is 5.92 Å². The maximum atomic E-state index is 10.7. The van der Waals surface area contributed by atoms with Gasteiger partial charge in [-0.2, -0.15) is 0 Å². The summed E-state index contributed by atoms with van der Waals surface area (Å²) in [5.41, 5.74) is 0. The molecule has 72 valence electrons. The molecule has 1 N–H and O–H groups in total. The number of carbonyl (C=O) groups is 1. The van der Waals surface area contributed by atoms with Crippen molar-refractivity contribution in [1.82, 2.24) is 0 Å². The number of ketones is 1. The van der Waals surface area contributed by atoms with Crippen LogP contribution in [0.15, 0.2) is 0 Å². The Balaban J connectivity index is 3.46. The third kappa shape index (κ3) is 6.35. The number of hydrogen-bond acceptors (Lipinski definition) is 2. The van der Waals surface area contributed by atoms with E-state index < -0.39 is 0 Å². The van der Waals surface area contributed by atoms with Crippen LogP contribution in [0.2, 0.25) is 0 Å². The molecule has 0 aliphatic rings. The SMILES string of the molecule is CCCCCC(CO)CC(C)=O. The summed E-state index contributed by atoms with van der Waals surface area (Å²) in [4.78, 5) is 10.7. The Bertz CT molecular complexity index is 121. The maximum Gasteiger partial charge on any atom is 0.130 e. The molecular weight excluding hydrogens is 152 g/mol. The summed E-state index contributed by atoms with van der Waals surface area (Å²) in [5, 5.41) is 8.92. The summed E-state index contributed by atoms with van der Waals surface area (Å²) >= 11 is 0. The van der Waals surface area contributed by atoms with E-state index in [1.54, 1.807) is 6.92 Å². The van der Waals surface area contributed by atoms with Gasteiger partial charge in [-0.25, -0.2) is 0 Å². The molecule has 2 heteroatoms. The fourth-order valence-corrected chi connectivity index (χ4v) is 1.35. The van der Waals surface area contributed by atoms with E-state index in [1.807, 2.05) is 0 Å². The van der Waals surface area contributed by atoms with E-state index in [0.29, 0.717) is 6.42 Å². The van der Waals surface area contributed by atoms with Crippen molar-refractivity contribution in [3.05, 3.63) is 0 Å². The lowest BCUT2D eigenvalue weighted by Crippen LogP contribution is -2.10. The van der Waals surface area contributed by atoms with Crippen LogP contribution in [-0.2, 0) is 4.79 Å². The molecule has 0 saturated heterocycles. The minimum atomic E-state index is 0.156. The molecule has 2 nitrogen and oxygen atoms in total. The summed E-state index contributed by atoms with van der Waals surface area (Å²) in [6.07, 6.45) is 5.06. The number of aliphatic hydroxyl groups excluding tert-OH is 1. The molecule has 1 atom stereocenters. The van der Waals surface area contributed by atoms with Crippen LogP contribution in [0.1, 0.15) is 46.0 Å². The van der Waals surface area contributed by atoms with Gasteiger partial charge in [0, 0.05) is 13.0 Å². The van der Waals surface area contributed by atoms with Crippen LogP contribution >= 0.6 is 0 Å². The van der Waals surface area contributed by atoms with Gasteiger partial charge in [0.25, 0.3) is 0 Å². The minimum Gasteiger partial charge on any atom is -0.396 e. The van der Waals surface area contributed by atoms with Crippen LogP contribution in [0.3, 0.4) is 0 Å². The molecule has 0 radical (unpaired) electrons. The van der Waals surface area contributed by atoms with Crippen molar-refractivity contribution in [2.75, 3.05) is 6.61 Å². The van der Waals surface area contributed by atoms with Crippen molar-refractivity contribution < 1.29 is 9.90 Å². The van der Waals surface area contributed by atoms with Gasteiger partial charge in [0.15, 0.2) is 0 Å². The van der Waals surface area contributed by atoms with E-state index in [4.69, 9.17) is 5.11 Å². The summed E-state index contributed by atoms with van der Waals surface area (Å²) < 4.78 is 0. The van der Waals surface area contributed by atoms with Gasteiger partial charge < -0.3 is 9.90 Å². The first-order valence-electron chi connectivity index (χ1n) is 4.81. The third-order valence-electron chi connectivity index (χ3n) is 2.05. The zero-order valence-corrected chi connectivity index (χ0v) is 8.18. The molecule has 0 aromatic heterocycles. The molecule has 0 spiro atoms. The van der Waals surface area contributed by atoms with Crippen LogP contribution in [0.25, 0.3) is 0 Å². The van der Waals surface area contributed by atoms with Gasteiger partial charge in [-0.05, 0) is 19.3 Å². The van der Waals surface area contributed by atoms with Gasteiger partial charge in [0.05, 0.1) is 0 Å². The van der Waals surface area contributed by atoms with E-state index >= 15 is 0 Å². The zero-order valence-electron chi connectivity index (χ0n) is 8.18. The highest BCUT2D eigenvalue weighted by atomic mass is 16.3. The summed E-state index contributed by atoms with van der Waals surface area (Å²) in [5.74, 6) is 0.389. The molecule has 0 heterocycles. The zero-order chi connectivity index (χ0) is 9.40. The lowest BCUT2D eigenvalue weighted by Gasteiger charge is -2.10. The van der Waals surface area contributed by atoms with Gasteiger partial charge >= 0.3 is 0 Å². The fourth-order valence-electron chi connectivity index (χ4n) is 1.35. The number of aliphatic hydroxyl groups is 1. The first kappa shape index (κ1) is 11.6. The van der Waals surface area contributed by atoms with E-state index in [0.717, 1.165) is 12.8 Å². The topological polar surface area (TPSA) is 37.3 Å². The highest BCUT2D eigenvalue weighted by Gasteiger charge is 2.08. The Hall–Kier alpha value is -0.370. The number of rotatable bonds is 7. The summed E-state index contributed by atoms with van der Waals surface area (Å²) in [6, 6.07) is 0. The second-order valence-electron chi connectivity index (χ2n) is 3.45. The van der Waals surface area contributed by atoms with E-state index in [1.165, 1.54) is 12.8 Å². The Kier molecular flexibility index (Phi) is 7.06. The van der Waals surface area contributed by atoms with Gasteiger partial charge in [0.2, 0.25) is 0 Å². The molecule has 0 rings (SSSR count). The van der Waals surface area contributed by atoms with E-state index in [9.17, 15) is 4.79 Å². The average Bonchev–Trinajstić information content (AvgIpc) is 2.02.